The third kappa shape index (κ3) is 22.7. The molecule has 0 spiro atoms. The van der Waals surface area contributed by atoms with Crippen LogP contribution in [0.2, 0.25) is 0 Å². The maximum absolute atomic E-state index is 4.94. The van der Waals surface area contributed by atoms with Crippen molar-refractivity contribution in [3.05, 3.63) is 82.4 Å². The van der Waals surface area contributed by atoms with E-state index in [2.05, 4.69) is 85.1 Å². The molecule has 2 unspecified atom stereocenters. The van der Waals surface area contributed by atoms with Crippen molar-refractivity contribution in [2.45, 2.75) is 64.2 Å². The van der Waals surface area contributed by atoms with E-state index >= 15 is 0 Å². The summed E-state index contributed by atoms with van der Waals surface area (Å²) in [6.07, 6.45) is 7.42. The van der Waals surface area contributed by atoms with Gasteiger partial charge < -0.3 is 29.5 Å². The zero-order valence-electron chi connectivity index (χ0n) is 23.4. The molecule has 2 saturated heterocycles. The molecule has 0 radical (unpaired) electrons. The monoisotopic (exact) mass is 596 g/mol. The van der Waals surface area contributed by atoms with Crippen molar-refractivity contribution in [2.75, 3.05) is 53.6 Å². The Morgan fingerprint density at radius 1 is 0.595 bits per heavy atom. The van der Waals surface area contributed by atoms with Gasteiger partial charge in [-0.2, -0.15) is 14.1 Å². The normalized spacial score (nSPS) is 14.8. The molecule has 0 bridgehead atoms. The van der Waals surface area contributed by atoms with Crippen LogP contribution in [0.1, 0.15) is 75.3 Å². The Balaban J connectivity index is -0.000000433. The van der Waals surface area contributed by atoms with Crippen molar-refractivity contribution < 1.29 is 45.1 Å². The molecule has 4 nitrogen and oxygen atoms in total. The van der Waals surface area contributed by atoms with E-state index in [-0.39, 0.29) is 35.6 Å². The maximum atomic E-state index is 4.94. The summed E-state index contributed by atoms with van der Waals surface area (Å²) in [6, 6.07) is 21.2. The van der Waals surface area contributed by atoms with Gasteiger partial charge in [0, 0.05) is 26.4 Å². The van der Waals surface area contributed by atoms with Gasteiger partial charge in [-0.05, 0) is 48.6 Å². The fourth-order valence-electron chi connectivity index (χ4n) is 3.56. The summed E-state index contributed by atoms with van der Waals surface area (Å²) in [7, 11) is 3.75. The van der Waals surface area contributed by atoms with Gasteiger partial charge in [0.25, 0.3) is 0 Å². The van der Waals surface area contributed by atoms with Crippen LogP contribution in [0.3, 0.4) is 0 Å². The van der Waals surface area contributed by atoms with Crippen LogP contribution in [-0.2, 0) is 35.7 Å². The zero-order valence-corrected chi connectivity index (χ0v) is 25.8. The molecule has 0 saturated carbocycles. The molecule has 7 heteroatoms. The van der Waals surface area contributed by atoms with E-state index in [9.17, 15) is 0 Å². The summed E-state index contributed by atoms with van der Waals surface area (Å²) >= 11 is 0. The van der Waals surface area contributed by atoms with Crippen molar-refractivity contribution in [2.24, 2.45) is 0 Å². The third-order valence-corrected chi connectivity index (χ3v) is 5.96. The quantitative estimate of drug-likeness (QED) is 0.467. The fraction of sp³-hybridized carbons (Fsp3) is 0.600. The molecule has 2 fully saturated rings. The Morgan fingerprint density at radius 2 is 0.892 bits per heavy atom. The number of hydrogen-bond acceptors (Lipinski definition) is 2. The minimum Gasteiger partial charge on any atom is -1.00 e. The molecule has 2 aromatic carbocycles. The minimum atomic E-state index is 0. The van der Waals surface area contributed by atoms with Crippen LogP contribution in [0, 0.1) is 0 Å². The van der Waals surface area contributed by atoms with Crippen LogP contribution in [0.25, 0.3) is 10.6 Å². The molecule has 0 N–H and O–H groups in total. The van der Waals surface area contributed by atoms with Crippen LogP contribution in [-0.4, -0.2) is 53.6 Å². The largest absolute Gasteiger partial charge is 4.00 e. The van der Waals surface area contributed by atoms with E-state index in [1.54, 1.807) is 0 Å². The van der Waals surface area contributed by atoms with Gasteiger partial charge in [-0.25, -0.2) is 0 Å². The van der Waals surface area contributed by atoms with Gasteiger partial charge in [-0.3, -0.25) is 0 Å². The number of ether oxygens (including phenoxy) is 2. The predicted octanol–water partition coefficient (Wildman–Crippen LogP) is 1.97. The zero-order chi connectivity index (χ0) is 24.7. The predicted molar refractivity (Wildman–Crippen MR) is 147 cm³/mol. The van der Waals surface area contributed by atoms with Gasteiger partial charge in [0.15, 0.2) is 0 Å². The Kier molecular flexibility index (Phi) is 32.4. The molecule has 2 aromatic rings. The van der Waals surface area contributed by atoms with E-state index in [4.69, 9.17) is 9.47 Å². The number of nitrogens with zero attached hydrogens (tertiary/aromatic N) is 2. The molecule has 0 aromatic heterocycles. The van der Waals surface area contributed by atoms with Crippen LogP contribution in [0.15, 0.2) is 60.7 Å². The smallest absolute Gasteiger partial charge is 1.00 e. The summed E-state index contributed by atoms with van der Waals surface area (Å²) in [6.45, 7) is 10.4. The number of hydrogen-bond donors (Lipinski definition) is 0. The van der Waals surface area contributed by atoms with E-state index in [0.29, 0.717) is 11.8 Å². The first-order valence-electron chi connectivity index (χ1n) is 13.1. The van der Waals surface area contributed by atoms with Gasteiger partial charge in [-0.15, -0.1) is 13.1 Å². The Hall–Kier alpha value is -0.977. The molecule has 208 valence electrons. The van der Waals surface area contributed by atoms with E-state index in [0.717, 1.165) is 52.4 Å². The standard InChI is InChI=1S/2C11H16N.2C4H8O.2FH.Zr/c2*1-10(8-9-12-2)11-6-4-3-5-7-11;2*1-2-4-5-3-1;;;/h2*3-7,10H,8-9H2,1-2H3;2*1-4H2;2*1H;/q2*-1;;;;;+4/p-2. The van der Waals surface area contributed by atoms with E-state index < -0.39 is 0 Å². The average molecular weight is 598 g/mol. The number of halogens is 2. The van der Waals surface area contributed by atoms with Crippen LogP contribution in [0.5, 0.6) is 0 Å². The van der Waals surface area contributed by atoms with Crippen molar-refractivity contribution >= 4 is 0 Å². The fourth-order valence-corrected chi connectivity index (χ4v) is 3.56. The molecule has 2 atom stereocenters. The molecule has 37 heavy (non-hydrogen) atoms. The van der Waals surface area contributed by atoms with Gasteiger partial charge in [0.2, 0.25) is 0 Å². The maximum Gasteiger partial charge on any atom is 4.00 e. The van der Waals surface area contributed by atoms with Crippen molar-refractivity contribution in [3.63, 3.8) is 0 Å². The molecule has 4 rings (SSSR count). The Labute approximate surface area is 244 Å². The molecule has 2 heterocycles. The second kappa shape index (κ2) is 29.6. The number of benzene rings is 2. The van der Waals surface area contributed by atoms with Crippen LogP contribution >= 0.6 is 0 Å². The van der Waals surface area contributed by atoms with Crippen molar-refractivity contribution in [3.8, 4) is 0 Å². The molecular weight excluding hydrogens is 550 g/mol. The van der Waals surface area contributed by atoms with Crippen molar-refractivity contribution in [1.82, 2.24) is 0 Å². The molecular formula is C30H48F2N2O2Zr. The summed E-state index contributed by atoms with van der Waals surface area (Å²) in [5.41, 5.74) is 2.84. The summed E-state index contributed by atoms with van der Waals surface area (Å²) in [5, 5.41) is 8.20. The first kappa shape index (κ1) is 40.5. The van der Waals surface area contributed by atoms with Gasteiger partial charge >= 0.3 is 26.2 Å². The third-order valence-electron chi connectivity index (χ3n) is 5.96. The van der Waals surface area contributed by atoms with E-state index in [1.807, 2.05) is 14.1 Å². The van der Waals surface area contributed by atoms with Crippen LogP contribution < -0.4 is 9.41 Å². The van der Waals surface area contributed by atoms with Gasteiger partial charge in [-0.1, -0.05) is 87.4 Å². The SMILES string of the molecule is C1CCOC1.C1CCOC1.C[N-]CCC(C)c1ccccc1.C[N-]CCC(C)c1ccccc1.[F-].[F-].[Zr+4]. The molecule has 0 amide bonds. The molecule has 0 aliphatic carbocycles. The topological polar surface area (TPSA) is 46.7 Å². The first-order valence-corrected chi connectivity index (χ1v) is 13.1. The summed E-state index contributed by atoms with van der Waals surface area (Å²) < 4.78 is 9.89. The summed E-state index contributed by atoms with van der Waals surface area (Å²) in [4.78, 5) is 0. The summed E-state index contributed by atoms with van der Waals surface area (Å²) in [5.74, 6) is 1.27. The second-order valence-corrected chi connectivity index (χ2v) is 8.92. The van der Waals surface area contributed by atoms with E-state index in [1.165, 1.54) is 36.8 Å². The Bertz CT molecular complexity index is 601. The van der Waals surface area contributed by atoms with Crippen LogP contribution in [0.4, 0.5) is 0 Å². The average Bonchev–Trinajstić information content (AvgIpc) is 3.67. The van der Waals surface area contributed by atoms with Gasteiger partial charge in [0.1, 0.15) is 0 Å². The van der Waals surface area contributed by atoms with Crippen molar-refractivity contribution in [1.29, 1.82) is 0 Å². The first-order chi connectivity index (χ1) is 16.7. The Morgan fingerprint density at radius 3 is 1.11 bits per heavy atom. The minimum absolute atomic E-state index is 0. The number of rotatable bonds is 8. The van der Waals surface area contributed by atoms with Gasteiger partial charge in [0.05, 0.1) is 0 Å². The second-order valence-electron chi connectivity index (χ2n) is 8.92. The molecule has 2 aliphatic rings. The molecule has 2 aliphatic heterocycles.